The summed E-state index contributed by atoms with van der Waals surface area (Å²) < 4.78 is 6.64. The average Bonchev–Trinajstić information content (AvgIpc) is 3.40. The molecule has 2 aliphatic rings. The number of methoxy groups -OCH3 is 1. The molecule has 2 amide bonds. The highest BCUT2D eigenvalue weighted by molar-refractivity contribution is 7.98. The van der Waals surface area contributed by atoms with Gasteiger partial charge in [0.25, 0.3) is 5.56 Å². The van der Waals surface area contributed by atoms with Crippen LogP contribution in [0.25, 0.3) is 5.65 Å². The Morgan fingerprint density at radius 1 is 1.11 bits per heavy atom. The number of imide groups is 1. The Morgan fingerprint density at radius 2 is 1.82 bits per heavy atom. The van der Waals surface area contributed by atoms with Crippen LogP contribution in [0, 0.1) is 11.8 Å². The lowest BCUT2D eigenvalue weighted by molar-refractivity contribution is -0.152. The lowest BCUT2D eigenvalue weighted by Gasteiger charge is -2.32. The van der Waals surface area contributed by atoms with E-state index in [-0.39, 0.29) is 17.5 Å². The van der Waals surface area contributed by atoms with Crippen LogP contribution in [-0.2, 0) is 19.1 Å². The van der Waals surface area contributed by atoms with Crippen molar-refractivity contribution in [3.63, 3.8) is 0 Å². The maximum Gasteiger partial charge on any atom is 0.326 e. The molecule has 10 nitrogen and oxygen atoms in total. The third-order valence-corrected chi connectivity index (χ3v) is 8.01. The summed E-state index contributed by atoms with van der Waals surface area (Å²) in [6, 6.07) is 12.9. The lowest BCUT2D eigenvalue weighted by atomic mass is 9.78. The summed E-state index contributed by atoms with van der Waals surface area (Å²) in [6.45, 7) is 0. The summed E-state index contributed by atoms with van der Waals surface area (Å²) in [4.78, 5) is 63.1. The number of ether oxygens (including phenoxy) is 1. The van der Waals surface area contributed by atoms with E-state index in [2.05, 4.69) is 5.32 Å². The maximum absolute atomic E-state index is 14.1. The van der Waals surface area contributed by atoms with E-state index in [9.17, 15) is 19.2 Å². The molecule has 1 N–H and O–H groups in total. The number of pyridine rings is 1. The molecule has 38 heavy (non-hydrogen) atoms. The molecule has 4 heterocycles. The second-order valence-electron chi connectivity index (χ2n) is 9.66. The number of anilines is 2. The number of nitrogens with zero attached hydrogens (tertiary/aromatic N) is 4. The van der Waals surface area contributed by atoms with Crippen LogP contribution in [0.15, 0.2) is 59.5 Å². The number of para-hydroxylation sites is 1. The fraction of sp³-hybridized carbons (Fsp3) is 0.370. The highest BCUT2D eigenvalue weighted by Crippen LogP contribution is 2.52. The minimum atomic E-state index is -1.50. The molecule has 198 valence electrons. The molecule has 2 aliphatic heterocycles. The van der Waals surface area contributed by atoms with Crippen LogP contribution in [0.1, 0.15) is 18.0 Å². The van der Waals surface area contributed by atoms with Crippen LogP contribution in [0.3, 0.4) is 0 Å². The minimum Gasteiger partial charge on any atom is -0.468 e. The normalized spacial score (nSPS) is 24.6. The molecule has 2 saturated heterocycles. The van der Waals surface area contributed by atoms with Crippen molar-refractivity contribution in [2.45, 2.75) is 18.0 Å². The van der Waals surface area contributed by atoms with Crippen LogP contribution in [0.4, 0.5) is 11.5 Å². The summed E-state index contributed by atoms with van der Waals surface area (Å²) in [6.07, 6.45) is 3.75. The van der Waals surface area contributed by atoms with Gasteiger partial charge in [-0.15, -0.1) is 0 Å². The molecule has 1 aromatic carbocycles. The predicted octanol–water partition coefficient (Wildman–Crippen LogP) is 1.88. The maximum atomic E-state index is 14.1. The molecule has 3 aromatic rings. The fourth-order valence-corrected chi connectivity index (χ4v) is 6.28. The smallest absolute Gasteiger partial charge is 0.326 e. The summed E-state index contributed by atoms with van der Waals surface area (Å²) in [5.74, 6) is -2.79. The van der Waals surface area contributed by atoms with E-state index in [0.29, 0.717) is 22.9 Å². The lowest BCUT2D eigenvalue weighted by Crippen LogP contribution is -2.57. The Bertz CT molecular complexity index is 1480. The highest BCUT2D eigenvalue weighted by Gasteiger charge is 2.69. The minimum absolute atomic E-state index is 0.222. The second-order valence-corrected chi connectivity index (χ2v) is 10.6. The first-order valence-electron chi connectivity index (χ1n) is 12.2. The van der Waals surface area contributed by atoms with Gasteiger partial charge < -0.3 is 9.64 Å². The van der Waals surface area contributed by atoms with Crippen LogP contribution in [0.2, 0.25) is 0 Å². The fourth-order valence-electron chi connectivity index (χ4n) is 5.75. The number of aromatic nitrogens is 2. The monoisotopic (exact) mass is 535 g/mol. The number of benzene rings is 1. The van der Waals surface area contributed by atoms with Crippen molar-refractivity contribution in [3.8, 4) is 0 Å². The molecular formula is C27H29N5O5S. The van der Waals surface area contributed by atoms with Gasteiger partial charge in [0.15, 0.2) is 0 Å². The van der Waals surface area contributed by atoms with E-state index >= 15 is 0 Å². The molecule has 0 aliphatic carbocycles. The molecule has 2 aromatic heterocycles. The number of hydrogen-bond donors (Lipinski definition) is 1. The van der Waals surface area contributed by atoms with Crippen molar-refractivity contribution < 1.29 is 19.1 Å². The van der Waals surface area contributed by atoms with Crippen molar-refractivity contribution in [2.75, 3.05) is 43.0 Å². The predicted molar refractivity (Wildman–Crippen MR) is 145 cm³/mol. The average molecular weight is 536 g/mol. The molecule has 11 heteroatoms. The number of thioether (sulfide) groups is 1. The molecule has 0 saturated carbocycles. The summed E-state index contributed by atoms with van der Waals surface area (Å²) in [5.41, 5.74) is -0.795. The first-order chi connectivity index (χ1) is 18.3. The molecule has 5 rings (SSSR count). The van der Waals surface area contributed by atoms with Gasteiger partial charge in [-0.2, -0.15) is 11.8 Å². The Labute approximate surface area is 224 Å². The van der Waals surface area contributed by atoms with E-state index in [4.69, 9.17) is 9.72 Å². The zero-order chi connectivity index (χ0) is 27.2. The van der Waals surface area contributed by atoms with E-state index in [1.165, 1.54) is 23.3 Å². The number of amides is 2. The van der Waals surface area contributed by atoms with Crippen molar-refractivity contribution >= 4 is 46.7 Å². The number of carbonyl (C=O) groups is 3. The molecular weight excluding hydrogens is 506 g/mol. The highest BCUT2D eigenvalue weighted by atomic mass is 32.2. The van der Waals surface area contributed by atoms with Crippen molar-refractivity contribution in [2.24, 2.45) is 11.8 Å². The van der Waals surface area contributed by atoms with Gasteiger partial charge in [0, 0.05) is 20.3 Å². The number of hydrogen-bond acceptors (Lipinski definition) is 9. The number of carbonyl (C=O) groups excluding carboxylic acids is 3. The van der Waals surface area contributed by atoms with Crippen LogP contribution < -0.4 is 20.7 Å². The van der Waals surface area contributed by atoms with Gasteiger partial charge in [0.05, 0.1) is 36.2 Å². The first kappa shape index (κ1) is 25.9. The first-order valence-corrected chi connectivity index (χ1v) is 13.6. The Morgan fingerprint density at radius 3 is 2.47 bits per heavy atom. The van der Waals surface area contributed by atoms with Crippen molar-refractivity contribution in [1.29, 1.82) is 0 Å². The van der Waals surface area contributed by atoms with Gasteiger partial charge in [0.1, 0.15) is 17.0 Å². The van der Waals surface area contributed by atoms with Crippen molar-refractivity contribution in [3.05, 3.63) is 70.6 Å². The molecule has 0 unspecified atom stereocenters. The van der Waals surface area contributed by atoms with Crippen LogP contribution >= 0.6 is 11.8 Å². The number of esters is 1. The molecule has 2 fully saturated rings. The van der Waals surface area contributed by atoms with E-state index in [1.807, 2.05) is 6.26 Å². The van der Waals surface area contributed by atoms with E-state index < -0.39 is 41.2 Å². The molecule has 0 bridgehead atoms. The molecule has 0 radical (unpaired) electrons. The number of fused-ring (bicyclic) bond motifs is 2. The zero-order valence-corrected chi connectivity index (χ0v) is 22.4. The summed E-state index contributed by atoms with van der Waals surface area (Å²) >= 11 is 1.51. The quantitative estimate of drug-likeness (QED) is 0.358. The standard InChI is InChI=1S/C27H29N5O5S/c1-30(2)22-19(23(33)31-14-9-8-12-17(31)28-22)21-18-20(27(29-21,13-15-38-4)26(36)37-3)25(35)32(24(18)34)16-10-6-5-7-11-16/h5-12,14,18,20-21,29H,13,15H2,1-4H3/t18-,20-,21+,27-/m0/s1. The van der Waals surface area contributed by atoms with E-state index in [1.54, 1.807) is 73.7 Å². The zero-order valence-electron chi connectivity index (χ0n) is 21.6. The van der Waals surface area contributed by atoms with Gasteiger partial charge in [-0.05, 0) is 42.7 Å². The largest absolute Gasteiger partial charge is 0.468 e. The van der Waals surface area contributed by atoms with Crippen molar-refractivity contribution in [1.82, 2.24) is 14.7 Å². The van der Waals surface area contributed by atoms with Gasteiger partial charge in [0.2, 0.25) is 11.8 Å². The van der Waals surface area contributed by atoms with Gasteiger partial charge in [-0.1, -0.05) is 24.3 Å². The van der Waals surface area contributed by atoms with Gasteiger partial charge >= 0.3 is 5.97 Å². The Balaban J connectivity index is 1.77. The Kier molecular flexibility index (Phi) is 6.74. The topological polar surface area (TPSA) is 113 Å². The second kappa shape index (κ2) is 9.88. The van der Waals surface area contributed by atoms with E-state index in [0.717, 1.165) is 4.90 Å². The third kappa shape index (κ3) is 3.80. The Hall–Kier alpha value is -3.70. The van der Waals surface area contributed by atoms with Crippen LogP contribution in [0.5, 0.6) is 0 Å². The van der Waals surface area contributed by atoms with Crippen LogP contribution in [-0.4, -0.2) is 65.9 Å². The third-order valence-electron chi connectivity index (χ3n) is 7.40. The molecule has 0 spiro atoms. The summed E-state index contributed by atoms with van der Waals surface area (Å²) in [7, 11) is 4.79. The van der Waals surface area contributed by atoms with Gasteiger partial charge in [-0.3, -0.25) is 28.9 Å². The number of rotatable bonds is 7. The summed E-state index contributed by atoms with van der Waals surface area (Å²) in [5, 5.41) is 3.31. The number of nitrogens with one attached hydrogen (secondary N) is 1. The van der Waals surface area contributed by atoms with Gasteiger partial charge in [-0.25, -0.2) is 9.88 Å². The SMILES string of the molecule is COC(=O)[C@@]1(CCSC)N[C@@H](c2c(N(C)C)nc3ccccn3c2=O)[C@H]2C(=O)N(c3ccccc3)C(=O)[C@H]21. The molecule has 4 atom stereocenters.